The lowest BCUT2D eigenvalue weighted by atomic mass is 10.0. The van der Waals surface area contributed by atoms with E-state index in [-0.39, 0.29) is 39.2 Å². The van der Waals surface area contributed by atoms with Gasteiger partial charge in [0.25, 0.3) is 5.91 Å². The Hall–Kier alpha value is -3.97. The number of carbonyl (C=O) groups excluding carboxylic acids is 1. The fraction of sp³-hybridized carbons (Fsp3) is 0.125. The number of sulfonamides is 1. The van der Waals surface area contributed by atoms with Crippen LogP contribution >= 0.6 is 11.6 Å². The van der Waals surface area contributed by atoms with Crippen molar-refractivity contribution in [2.24, 2.45) is 0 Å². The predicted molar refractivity (Wildman–Crippen MR) is 131 cm³/mol. The summed E-state index contributed by atoms with van der Waals surface area (Å²) < 4.78 is 83.0. The molecule has 0 bridgehead atoms. The Balaban J connectivity index is 2.00. The molecule has 0 aliphatic rings. The second kappa shape index (κ2) is 9.72. The molecule has 38 heavy (non-hydrogen) atoms. The standard InChI is InChI=1S/C24H16ClF4N3O5S/c1-2-38(36,37)31-13-7-9-15-19(11-13)32(22(33)20-16(24(27,28)29)4-3-5-17(20)25)30-21(15)14-8-6-12(23(34)35)10-18(14)26/h3-11,31H,2H2,1H3,(H,34,35). The van der Waals surface area contributed by atoms with Gasteiger partial charge in [-0.05, 0) is 55.5 Å². The van der Waals surface area contributed by atoms with Crippen LogP contribution in [0.1, 0.15) is 33.2 Å². The quantitative estimate of drug-likeness (QED) is 0.289. The average Bonchev–Trinajstić information content (AvgIpc) is 3.21. The van der Waals surface area contributed by atoms with Crippen molar-refractivity contribution in [1.29, 1.82) is 0 Å². The highest BCUT2D eigenvalue weighted by Crippen LogP contribution is 2.37. The number of nitrogens with one attached hydrogen (secondary N) is 1. The first-order valence-electron chi connectivity index (χ1n) is 10.7. The van der Waals surface area contributed by atoms with E-state index in [9.17, 15) is 35.6 Å². The largest absolute Gasteiger partial charge is 0.478 e. The highest BCUT2D eigenvalue weighted by Gasteiger charge is 2.37. The number of hydrogen-bond acceptors (Lipinski definition) is 5. The Morgan fingerprint density at radius 1 is 1.11 bits per heavy atom. The number of hydrogen-bond donors (Lipinski definition) is 2. The van der Waals surface area contributed by atoms with Gasteiger partial charge in [0.05, 0.1) is 38.7 Å². The van der Waals surface area contributed by atoms with Crippen LogP contribution < -0.4 is 4.72 Å². The number of anilines is 1. The summed E-state index contributed by atoms with van der Waals surface area (Å²) >= 11 is 6.00. The molecule has 0 radical (unpaired) electrons. The summed E-state index contributed by atoms with van der Waals surface area (Å²) in [4.78, 5) is 24.7. The van der Waals surface area contributed by atoms with Crippen LogP contribution in [0.2, 0.25) is 5.02 Å². The van der Waals surface area contributed by atoms with Gasteiger partial charge in [-0.15, -0.1) is 0 Å². The lowest BCUT2D eigenvalue weighted by molar-refractivity contribution is -0.137. The Morgan fingerprint density at radius 2 is 1.82 bits per heavy atom. The minimum atomic E-state index is -4.96. The minimum Gasteiger partial charge on any atom is -0.478 e. The van der Waals surface area contributed by atoms with E-state index in [1.54, 1.807) is 0 Å². The third kappa shape index (κ3) is 5.07. The number of carboxylic acids is 1. The molecule has 2 N–H and O–H groups in total. The zero-order valence-corrected chi connectivity index (χ0v) is 20.7. The Labute approximate surface area is 217 Å². The zero-order chi connectivity index (χ0) is 28.0. The van der Waals surface area contributed by atoms with Crippen LogP contribution in [-0.4, -0.2) is 40.9 Å². The molecular formula is C24H16ClF4N3O5S. The molecule has 1 aromatic heterocycles. The third-order valence-electron chi connectivity index (χ3n) is 5.53. The lowest BCUT2D eigenvalue weighted by Gasteiger charge is -2.14. The molecule has 0 atom stereocenters. The third-order valence-corrected chi connectivity index (χ3v) is 7.15. The lowest BCUT2D eigenvalue weighted by Crippen LogP contribution is -2.20. The SMILES string of the molecule is CCS(=O)(=O)Nc1ccc2c(-c3ccc(C(=O)O)cc3F)nn(C(=O)c3c(Cl)cccc3C(F)(F)F)c2c1. The molecule has 0 fully saturated rings. The number of carboxylic acid groups (broad SMARTS) is 1. The van der Waals surface area contributed by atoms with E-state index < -0.39 is 50.0 Å². The van der Waals surface area contributed by atoms with Crippen LogP contribution in [0.15, 0.2) is 54.6 Å². The summed E-state index contributed by atoms with van der Waals surface area (Å²) in [6.45, 7) is 1.38. The predicted octanol–water partition coefficient (Wildman–Crippen LogP) is 5.66. The summed E-state index contributed by atoms with van der Waals surface area (Å²) in [5, 5.41) is 12.7. The number of fused-ring (bicyclic) bond motifs is 1. The first-order valence-corrected chi connectivity index (χ1v) is 12.7. The molecule has 4 aromatic rings. The number of aromatic carboxylic acids is 1. The molecule has 1 heterocycles. The zero-order valence-electron chi connectivity index (χ0n) is 19.2. The molecule has 0 aliphatic heterocycles. The highest BCUT2D eigenvalue weighted by molar-refractivity contribution is 7.92. The van der Waals surface area contributed by atoms with E-state index in [0.29, 0.717) is 10.7 Å². The smallest absolute Gasteiger partial charge is 0.417 e. The van der Waals surface area contributed by atoms with Crippen molar-refractivity contribution in [1.82, 2.24) is 9.78 Å². The molecule has 8 nitrogen and oxygen atoms in total. The van der Waals surface area contributed by atoms with Gasteiger partial charge in [-0.3, -0.25) is 9.52 Å². The van der Waals surface area contributed by atoms with E-state index in [2.05, 4.69) is 9.82 Å². The number of alkyl halides is 3. The first kappa shape index (κ1) is 27.1. The molecule has 0 aliphatic carbocycles. The maximum atomic E-state index is 14.9. The Morgan fingerprint density at radius 3 is 2.42 bits per heavy atom. The molecule has 0 saturated heterocycles. The Bertz CT molecular complexity index is 1720. The number of aromatic nitrogens is 2. The van der Waals surface area contributed by atoms with Crippen molar-refractivity contribution in [3.05, 3.63) is 82.1 Å². The monoisotopic (exact) mass is 569 g/mol. The van der Waals surface area contributed by atoms with E-state index >= 15 is 0 Å². The number of rotatable bonds is 6. The van der Waals surface area contributed by atoms with Crippen molar-refractivity contribution in [3.63, 3.8) is 0 Å². The minimum absolute atomic E-state index is 0.0308. The second-order valence-electron chi connectivity index (χ2n) is 7.96. The van der Waals surface area contributed by atoms with Crippen LogP contribution in [0.4, 0.5) is 23.2 Å². The van der Waals surface area contributed by atoms with Gasteiger partial charge in [-0.2, -0.15) is 23.0 Å². The van der Waals surface area contributed by atoms with Crippen molar-refractivity contribution >= 4 is 50.1 Å². The molecular weight excluding hydrogens is 554 g/mol. The summed E-state index contributed by atoms with van der Waals surface area (Å²) in [6, 6.07) is 9.44. The van der Waals surface area contributed by atoms with E-state index in [0.717, 1.165) is 36.4 Å². The molecule has 0 spiro atoms. The van der Waals surface area contributed by atoms with Gasteiger partial charge in [0.15, 0.2) is 0 Å². The van der Waals surface area contributed by atoms with Crippen molar-refractivity contribution < 1.29 is 40.7 Å². The van der Waals surface area contributed by atoms with Crippen molar-refractivity contribution in [2.45, 2.75) is 13.1 Å². The molecule has 3 aromatic carbocycles. The van der Waals surface area contributed by atoms with Gasteiger partial charge in [0.2, 0.25) is 10.0 Å². The van der Waals surface area contributed by atoms with Crippen LogP contribution in [0.25, 0.3) is 22.2 Å². The first-order chi connectivity index (χ1) is 17.7. The van der Waals surface area contributed by atoms with Crippen LogP contribution in [-0.2, 0) is 16.2 Å². The molecule has 14 heteroatoms. The van der Waals surface area contributed by atoms with Crippen LogP contribution in [0, 0.1) is 5.82 Å². The summed E-state index contributed by atoms with van der Waals surface area (Å²) in [5.41, 5.74) is -3.25. The normalized spacial score (nSPS) is 12.1. The van der Waals surface area contributed by atoms with Gasteiger partial charge in [-0.25, -0.2) is 17.6 Å². The second-order valence-corrected chi connectivity index (χ2v) is 10.4. The highest BCUT2D eigenvalue weighted by atomic mass is 35.5. The number of halogens is 5. The fourth-order valence-electron chi connectivity index (χ4n) is 3.71. The summed E-state index contributed by atoms with van der Waals surface area (Å²) in [6.07, 6.45) is -4.96. The number of benzene rings is 3. The van der Waals surface area contributed by atoms with E-state index in [4.69, 9.17) is 16.7 Å². The molecule has 4 rings (SSSR count). The molecule has 0 saturated carbocycles. The molecule has 198 valence electrons. The maximum Gasteiger partial charge on any atom is 0.417 e. The topological polar surface area (TPSA) is 118 Å². The molecule has 0 amide bonds. The maximum absolute atomic E-state index is 14.9. The van der Waals surface area contributed by atoms with E-state index in [1.807, 2.05) is 0 Å². The van der Waals surface area contributed by atoms with Gasteiger partial charge >= 0.3 is 12.1 Å². The van der Waals surface area contributed by atoms with Crippen molar-refractivity contribution in [2.75, 3.05) is 10.5 Å². The van der Waals surface area contributed by atoms with Gasteiger partial charge in [0.1, 0.15) is 11.5 Å². The molecule has 0 unspecified atom stereocenters. The number of carbonyl (C=O) groups is 2. The van der Waals surface area contributed by atoms with E-state index in [1.165, 1.54) is 19.1 Å². The summed E-state index contributed by atoms with van der Waals surface area (Å²) in [5.74, 6) is -4.01. The van der Waals surface area contributed by atoms with Crippen molar-refractivity contribution in [3.8, 4) is 11.3 Å². The van der Waals surface area contributed by atoms with Gasteiger partial charge in [-0.1, -0.05) is 17.7 Å². The van der Waals surface area contributed by atoms with Gasteiger partial charge < -0.3 is 5.11 Å². The fourth-order valence-corrected chi connectivity index (χ4v) is 4.59. The summed E-state index contributed by atoms with van der Waals surface area (Å²) in [7, 11) is -3.77. The van der Waals surface area contributed by atoms with Crippen LogP contribution in [0.3, 0.4) is 0 Å². The van der Waals surface area contributed by atoms with Crippen LogP contribution in [0.5, 0.6) is 0 Å². The van der Waals surface area contributed by atoms with Gasteiger partial charge in [0, 0.05) is 10.9 Å². The Kier molecular flexibility index (Phi) is 6.93. The number of nitrogens with zero attached hydrogens (tertiary/aromatic N) is 2. The average molecular weight is 570 g/mol.